The van der Waals surface area contributed by atoms with Crippen molar-refractivity contribution in [3.05, 3.63) is 30.0 Å². The van der Waals surface area contributed by atoms with Crippen LogP contribution in [0.15, 0.2) is 18.6 Å². The number of hydrogen-bond donors (Lipinski definition) is 3. The third-order valence-electron chi connectivity index (χ3n) is 4.17. The maximum Gasteiger partial charge on any atom is 0.222 e. The van der Waals surface area contributed by atoms with Crippen LogP contribution in [0.1, 0.15) is 44.0 Å². The summed E-state index contributed by atoms with van der Waals surface area (Å²) in [5.74, 6) is 2.04. The van der Waals surface area contributed by atoms with Crippen molar-refractivity contribution in [2.24, 2.45) is 11.7 Å². The minimum absolute atomic E-state index is 0. The molecule has 2 aromatic rings. The highest BCUT2D eigenvalue weighted by molar-refractivity contribution is 5.85. The fourth-order valence-electron chi connectivity index (χ4n) is 2.92. The molecular formula is C16H27Cl2N7. The molecule has 1 fully saturated rings. The SMILES string of the molecule is CC(C)Cn1cncc1CNc1cc(C2CC(N)C2)nc(N)n1.Cl.Cl. The van der Waals surface area contributed by atoms with Crippen molar-refractivity contribution < 1.29 is 0 Å². The van der Waals surface area contributed by atoms with Crippen molar-refractivity contribution in [2.75, 3.05) is 11.1 Å². The third kappa shape index (κ3) is 5.45. The van der Waals surface area contributed by atoms with Crippen molar-refractivity contribution in [2.45, 2.75) is 51.7 Å². The first-order chi connectivity index (χ1) is 11.0. The van der Waals surface area contributed by atoms with Crippen molar-refractivity contribution in [1.82, 2.24) is 19.5 Å². The van der Waals surface area contributed by atoms with E-state index in [1.807, 2.05) is 18.6 Å². The van der Waals surface area contributed by atoms with Gasteiger partial charge in [-0.25, -0.2) is 9.97 Å². The standard InChI is InChI=1S/C16H25N7.2ClH/c1-10(2)8-23-9-19-6-13(23)7-20-15-5-14(21-16(18)22-15)11-3-12(17)4-11;;/h5-6,9-12H,3-4,7-8,17H2,1-2H3,(H3,18,20,21,22);2*1H. The summed E-state index contributed by atoms with van der Waals surface area (Å²) in [5.41, 5.74) is 13.8. The molecule has 1 aliphatic rings. The molecule has 0 aromatic carbocycles. The summed E-state index contributed by atoms with van der Waals surface area (Å²) < 4.78 is 2.16. The number of anilines is 2. The molecule has 2 heterocycles. The van der Waals surface area contributed by atoms with Crippen molar-refractivity contribution in [3.8, 4) is 0 Å². The number of nitrogen functional groups attached to an aromatic ring is 1. The molecule has 0 unspecified atom stereocenters. The van der Waals surface area contributed by atoms with Gasteiger partial charge in [0, 0.05) is 30.8 Å². The van der Waals surface area contributed by atoms with Gasteiger partial charge in [0.1, 0.15) is 5.82 Å². The molecule has 1 saturated carbocycles. The summed E-state index contributed by atoms with van der Waals surface area (Å²) in [6.45, 7) is 6.00. The molecular weight excluding hydrogens is 361 g/mol. The maximum atomic E-state index is 5.86. The first-order valence-corrected chi connectivity index (χ1v) is 8.14. The molecule has 25 heavy (non-hydrogen) atoms. The van der Waals surface area contributed by atoms with Crippen LogP contribution in [0.5, 0.6) is 0 Å². The van der Waals surface area contributed by atoms with Crippen LogP contribution in [0.25, 0.3) is 0 Å². The second-order valence-electron chi connectivity index (χ2n) is 6.75. The number of nitrogens with two attached hydrogens (primary N) is 2. The van der Waals surface area contributed by atoms with E-state index < -0.39 is 0 Å². The molecule has 2 aromatic heterocycles. The van der Waals surface area contributed by atoms with Gasteiger partial charge in [-0.15, -0.1) is 24.8 Å². The monoisotopic (exact) mass is 387 g/mol. The van der Waals surface area contributed by atoms with E-state index in [2.05, 4.69) is 38.7 Å². The Hall–Kier alpha value is -1.57. The number of nitrogens with one attached hydrogen (secondary N) is 1. The number of halogens is 2. The van der Waals surface area contributed by atoms with Gasteiger partial charge in [0.2, 0.25) is 5.95 Å². The maximum absolute atomic E-state index is 5.86. The average molecular weight is 388 g/mol. The van der Waals surface area contributed by atoms with E-state index in [4.69, 9.17) is 11.5 Å². The van der Waals surface area contributed by atoms with Crippen LogP contribution < -0.4 is 16.8 Å². The normalized spacial score (nSPS) is 18.9. The summed E-state index contributed by atoms with van der Waals surface area (Å²) in [7, 11) is 0. The largest absolute Gasteiger partial charge is 0.368 e. The van der Waals surface area contributed by atoms with Crippen LogP contribution in [0.2, 0.25) is 0 Å². The minimum Gasteiger partial charge on any atom is -0.368 e. The third-order valence-corrected chi connectivity index (χ3v) is 4.17. The Morgan fingerprint density at radius 2 is 2.00 bits per heavy atom. The average Bonchev–Trinajstić information content (AvgIpc) is 2.87. The van der Waals surface area contributed by atoms with Gasteiger partial charge in [-0.1, -0.05) is 13.8 Å². The van der Waals surface area contributed by atoms with Gasteiger partial charge >= 0.3 is 0 Å². The Labute approximate surface area is 160 Å². The van der Waals surface area contributed by atoms with Gasteiger partial charge < -0.3 is 21.4 Å². The van der Waals surface area contributed by atoms with Gasteiger partial charge in [-0.2, -0.15) is 4.98 Å². The topological polar surface area (TPSA) is 108 Å². The first kappa shape index (κ1) is 21.5. The van der Waals surface area contributed by atoms with E-state index in [1.54, 1.807) is 0 Å². The van der Waals surface area contributed by atoms with E-state index in [0.29, 0.717) is 24.3 Å². The Morgan fingerprint density at radius 1 is 1.28 bits per heavy atom. The fourth-order valence-corrected chi connectivity index (χ4v) is 2.92. The Morgan fingerprint density at radius 3 is 2.64 bits per heavy atom. The number of imidazole rings is 1. The molecule has 0 radical (unpaired) electrons. The Balaban J connectivity index is 0.00000156. The van der Waals surface area contributed by atoms with Gasteiger partial charge in [-0.3, -0.25) is 0 Å². The van der Waals surface area contributed by atoms with Crippen LogP contribution in [0.4, 0.5) is 11.8 Å². The lowest BCUT2D eigenvalue weighted by Gasteiger charge is -2.32. The predicted molar refractivity (Wildman–Crippen MR) is 105 cm³/mol. The lowest BCUT2D eigenvalue weighted by molar-refractivity contribution is 0.345. The molecule has 0 spiro atoms. The quantitative estimate of drug-likeness (QED) is 0.702. The van der Waals surface area contributed by atoms with E-state index in [-0.39, 0.29) is 30.9 Å². The molecule has 1 aliphatic carbocycles. The summed E-state index contributed by atoms with van der Waals surface area (Å²) in [4.78, 5) is 12.9. The molecule has 9 heteroatoms. The van der Waals surface area contributed by atoms with Crippen LogP contribution >= 0.6 is 24.8 Å². The molecule has 0 atom stereocenters. The van der Waals surface area contributed by atoms with Crippen molar-refractivity contribution >= 4 is 36.6 Å². The molecule has 140 valence electrons. The van der Waals surface area contributed by atoms with Crippen LogP contribution in [0, 0.1) is 5.92 Å². The van der Waals surface area contributed by atoms with E-state index >= 15 is 0 Å². The van der Waals surface area contributed by atoms with E-state index in [0.717, 1.165) is 36.6 Å². The number of aromatic nitrogens is 4. The second-order valence-corrected chi connectivity index (χ2v) is 6.75. The highest BCUT2D eigenvalue weighted by Gasteiger charge is 2.29. The van der Waals surface area contributed by atoms with Gasteiger partial charge in [-0.05, 0) is 18.8 Å². The molecule has 0 aliphatic heterocycles. The van der Waals surface area contributed by atoms with E-state index in [9.17, 15) is 0 Å². The Kier molecular flexibility index (Phi) is 7.92. The summed E-state index contributed by atoms with van der Waals surface area (Å²) in [5, 5.41) is 3.33. The molecule has 0 bridgehead atoms. The van der Waals surface area contributed by atoms with Gasteiger partial charge in [0.15, 0.2) is 0 Å². The number of rotatable bonds is 6. The molecule has 5 N–H and O–H groups in total. The zero-order valence-corrected chi connectivity index (χ0v) is 16.2. The first-order valence-electron chi connectivity index (χ1n) is 8.14. The molecule has 3 rings (SSSR count). The summed E-state index contributed by atoms with van der Waals surface area (Å²) in [6.07, 6.45) is 5.69. The van der Waals surface area contributed by atoms with Crippen molar-refractivity contribution in [3.63, 3.8) is 0 Å². The molecule has 0 saturated heterocycles. The van der Waals surface area contributed by atoms with Crippen molar-refractivity contribution in [1.29, 1.82) is 0 Å². The summed E-state index contributed by atoms with van der Waals surface area (Å²) in [6, 6.07) is 2.27. The molecule has 0 amide bonds. The second kappa shape index (κ2) is 9.22. The van der Waals surface area contributed by atoms with Crippen LogP contribution in [-0.4, -0.2) is 25.6 Å². The van der Waals surface area contributed by atoms with Crippen LogP contribution in [-0.2, 0) is 13.1 Å². The highest BCUT2D eigenvalue weighted by atomic mass is 35.5. The zero-order valence-electron chi connectivity index (χ0n) is 14.6. The smallest absolute Gasteiger partial charge is 0.222 e. The lowest BCUT2D eigenvalue weighted by atomic mass is 9.78. The Bertz CT molecular complexity index is 668. The van der Waals surface area contributed by atoms with E-state index in [1.165, 1.54) is 0 Å². The highest BCUT2D eigenvalue weighted by Crippen LogP contribution is 2.35. The molecule has 7 nitrogen and oxygen atoms in total. The summed E-state index contributed by atoms with van der Waals surface area (Å²) >= 11 is 0. The zero-order chi connectivity index (χ0) is 16.4. The number of nitrogens with zero attached hydrogens (tertiary/aromatic N) is 4. The minimum atomic E-state index is 0. The predicted octanol–water partition coefficient (Wildman–Crippen LogP) is 2.57. The number of hydrogen-bond acceptors (Lipinski definition) is 6. The fraction of sp³-hybridized carbons (Fsp3) is 0.562. The van der Waals surface area contributed by atoms with Gasteiger partial charge in [0.05, 0.1) is 24.3 Å². The van der Waals surface area contributed by atoms with Crippen LogP contribution in [0.3, 0.4) is 0 Å². The van der Waals surface area contributed by atoms with Gasteiger partial charge in [0.25, 0.3) is 0 Å². The lowest BCUT2D eigenvalue weighted by Crippen LogP contribution is -2.35.